The van der Waals surface area contributed by atoms with E-state index in [2.05, 4.69) is 81.3 Å². The second kappa shape index (κ2) is 26.4. The molecule has 8 aromatic carbocycles. The molecule has 0 spiro atoms. The van der Waals surface area contributed by atoms with Gasteiger partial charge in [-0.25, -0.2) is 14.8 Å². The third-order valence-electron chi connectivity index (χ3n) is 17.4. The number of aromatic carboxylic acids is 1. The first-order valence-electron chi connectivity index (χ1n) is 31.2. The molecule has 0 fully saturated rings. The molecule has 18 nitrogen and oxygen atoms in total. The predicted octanol–water partition coefficient (Wildman–Crippen LogP) is 16.9. The van der Waals surface area contributed by atoms with E-state index in [0.717, 1.165) is 44.8 Å². The zero-order valence-corrected chi connectivity index (χ0v) is 54.9. The number of nitrogens with zero attached hydrogens (tertiary/aromatic N) is 6. The molecule has 484 valence electrons. The van der Waals surface area contributed by atoms with E-state index in [1.54, 1.807) is 88.2 Å². The minimum atomic E-state index is -1.01. The van der Waals surface area contributed by atoms with Crippen molar-refractivity contribution >= 4 is 80.4 Å². The van der Waals surface area contributed by atoms with Gasteiger partial charge in [0.25, 0.3) is 0 Å². The Morgan fingerprint density at radius 3 is 1.35 bits per heavy atom. The first-order valence-corrected chi connectivity index (χ1v) is 31.2. The van der Waals surface area contributed by atoms with Crippen LogP contribution in [-0.2, 0) is 7.05 Å². The Labute approximate surface area is 564 Å². The molecule has 2 aliphatic heterocycles. The molecule has 12 aromatic rings. The van der Waals surface area contributed by atoms with Crippen LogP contribution in [0, 0.1) is 11.8 Å². The molecule has 0 radical (unpaired) electrons. The molecular weight excluding hydrogens is 1230 g/mol. The summed E-state index contributed by atoms with van der Waals surface area (Å²) < 4.78 is 47.9. The van der Waals surface area contributed by atoms with Gasteiger partial charge in [-0.1, -0.05) is 66.4 Å². The number of fused-ring (bicyclic) bond motifs is 9. The maximum atomic E-state index is 11.8. The van der Waals surface area contributed by atoms with Crippen LogP contribution >= 0.6 is 0 Å². The van der Waals surface area contributed by atoms with Crippen LogP contribution in [-0.4, -0.2) is 103 Å². The Kier molecular flexibility index (Phi) is 16.8. The molecule has 98 heavy (non-hydrogen) atoms. The quantitative estimate of drug-likeness (QED) is 0.0726. The predicted molar refractivity (Wildman–Crippen MR) is 385 cm³/mol. The van der Waals surface area contributed by atoms with Crippen LogP contribution in [0.1, 0.15) is 44.3 Å². The van der Waals surface area contributed by atoms with Crippen molar-refractivity contribution in [3.05, 3.63) is 221 Å². The molecule has 3 N–H and O–H groups in total. The molecule has 0 atom stereocenters. The van der Waals surface area contributed by atoms with Crippen LogP contribution in [0.5, 0.6) is 46.0 Å². The number of methoxy groups -OCH3 is 8. The van der Waals surface area contributed by atoms with E-state index in [4.69, 9.17) is 58.1 Å². The average Bonchev–Trinajstić information content (AvgIpc) is 1.56. The van der Waals surface area contributed by atoms with Crippen molar-refractivity contribution in [1.29, 1.82) is 0 Å². The molecule has 18 heteroatoms. The normalized spacial score (nSPS) is 11.4. The Bertz CT molecular complexity index is 5250. The number of rotatable bonds is 17. The van der Waals surface area contributed by atoms with Crippen molar-refractivity contribution in [2.45, 2.75) is 0 Å². The molecule has 0 amide bonds. The second-order valence-corrected chi connectivity index (χ2v) is 22.8. The lowest BCUT2D eigenvalue weighted by Crippen LogP contribution is -2.12. The highest BCUT2D eigenvalue weighted by atomic mass is 16.5. The van der Waals surface area contributed by atoms with Crippen molar-refractivity contribution in [2.24, 2.45) is 7.05 Å². The molecule has 0 saturated heterocycles. The van der Waals surface area contributed by atoms with Gasteiger partial charge in [0.05, 0.1) is 124 Å². The van der Waals surface area contributed by atoms with Gasteiger partial charge in [0.15, 0.2) is 0 Å². The zero-order valence-electron chi connectivity index (χ0n) is 54.9. The number of nitrogens with one attached hydrogen (secondary N) is 2. The molecule has 0 aliphatic carbocycles. The summed E-state index contributed by atoms with van der Waals surface area (Å²) in [5.41, 5.74) is 17.6. The number of carboxylic acids is 1. The summed E-state index contributed by atoms with van der Waals surface area (Å²) in [6.07, 6.45) is 7.97. The summed E-state index contributed by atoms with van der Waals surface area (Å²) in [6, 6.07) is 58.3. The zero-order chi connectivity index (χ0) is 67.7. The van der Waals surface area contributed by atoms with Crippen molar-refractivity contribution < 1.29 is 47.8 Å². The number of aryl methyl sites for hydroxylation is 1. The fourth-order valence-electron chi connectivity index (χ4n) is 12.7. The Morgan fingerprint density at radius 2 is 0.847 bits per heavy atom. The lowest BCUT2D eigenvalue weighted by Gasteiger charge is -2.27. The summed E-state index contributed by atoms with van der Waals surface area (Å²) in [5, 5.41) is 19.3. The molecular formula is C80H64N8O10. The Morgan fingerprint density at radius 1 is 0.418 bits per heavy atom. The standard InChI is InChI=1S/C80H64N8O10/c1-87-85-77-49(24-32-57(78(77)86-87)48-16-18-50(19-17-48)80(89)90)25-33-58-59-36-38-61(81-59)73(75-67(93-4)12-10-13-68(75)94-5)63-40-42-65(83-63)79(66-43-41-64(84-66)74(62-39-37-60(58)82-62)76-69(95-6)14-11-15-70(76)96-7)88(51-26-20-46(21-27-51)55-34-30-53(91-2)44-71(55)97-8)52-28-22-47(23-29-52)56-35-31-54(92-3)45-72(56)98-9/h10-24,26-32,34-45,81,84H,1-9H3,(H,89,90). The maximum absolute atomic E-state index is 11.8. The lowest BCUT2D eigenvalue weighted by atomic mass is 10.00. The van der Waals surface area contributed by atoms with Crippen LogP contribution in [0.25, 0.3) is 113 Å². The number of ether oxygens (including phenoxy) is 8. The second-order valence-electron chi connectivity index (χ2n) is 22.8. The first kappa shape index (κ1) is 62.4. The molecule has 0 saturated carbocycles. The number of hydrogen-bond donors (Lipinski definition) is 3. The molecule has 2 aliphatic rings. The van der Waals surface area contributed by atoms with Crippen LogP contribution in [0.4, 0.5) is 17.1 Å². The summed E-state index contributed by atoms with van der Waals surface area (Å²) in [5.74, 6) is 10.9. The summed E-state index contributed by atoms with van der Waals surface area (Å²) in [7, 11) is 14.9. The lowest BCUT2D eigenvalue weighted by molar-refractivity contribution is 0.0696. The Hall–Kier alpha value is -13.0. The number of aromatic amines is 2. The molecule has 8 bridgehead atoms. The topological polar surface area (TPSA) is 202 Å². The van der Waals surface area contributed by atoms with Crippen molar-refractivity contribution in [3.8, 4) is 113 Å². The van der Waals surface area contributed by atoms with Gasteiger partial charge in [-0.05, 0) is 156 Å². The number of aromatic nitrogens is 7. The summed E-state index contributed by atoms with van der Waals surface area (Å²) in [4.78, 5) is 34.5. The van der Waals surface area contributed by atoms with E-state index < -0.39 is 5.97 Å². The summed E-state index contributed by atoms with van der Waals surface area (Å²) in [6.45, 7) is 0. The molecule has 4 aromatic heterocycles. The van der Waals surface area contributed by atoms with Gasteiger partial charge in [-0.3, -0.25) is 0 Å². The largest absolute Gasteiger partial charge is 0.497 e. The van der Waals surface area contributed by atoms with Crippen LogP contribution in [0.2, 0.25) is 0 Å². The minimum Gasteiger partial charge on any atom is -0.497 e. The average molecular weight is 1300 g/mol. The number of anilines is 3. The fraction of sp³-hybridized carbons (Fsp3) is 0.113. The van der Waals surface area contributed by atoms with Gasteiger partial charge in [-0.15, -0.1) is 0 Å². The van der Waals surface area contributed by atoms with Gasteiger partial charge in [0.2, 0.25) is 0 Å². The highest BCUT2D eigenvalue weighted by Crippen LogP contribution is 2.48. The van der Waals surface area contributed by atoms with E-state index >= 15 is 0 Å². The van der Waals surface area contributed by atoms with Crippen molar-refractivity contribution in [3.63, 3.8) is 0 Å². The van der Waals surface area contributed by atoms with E-state index in [0.29, 0.717) is 141 Å². The van der Waals surface area contributed by atoms with Gasteiger partial charge in [0, 0.05) is 69.4 Å². The van der Waals surface area contributed by atoms with Gasteiger partial charge >= 0.3 is 5.97 Å². The van der Waals surface area contributed by atoms with Gasteiger partial charge < -0.3 is 57.9 Å². The molecule has 14 rings (SSSR count). The first-order chi connectivity index (χ1) is 47.9. The summed E-state index contributed by atoms with van der Waals surface area (Å²) >= 11 is 0. The van der Waals surface area contributed by atoms with Crippen molar-refractivity contribution in [1.82, 2.24) is 34.9 Å². The van der Waals surface area contributed by atoms with E-state index in [1.165, 1.54) is 4.80 Å². The maximum Gasteiger partial charge on any atom is 0.335 e. The van der Waals surface area contributed by atoms with Crippen LogP contribution in [0.15, 0.2) is 182 Å². The minimum absolute atomic E-state index is 0.176. The third-order valence-corrected chi connectivity index (χ3v) is 17.4. The number of H-pyrrole nitrogens is 2. The highest BCUT2D eigenvalue weighted by Gasteiger charge is 2.27. The van der Waals surface area contributed by atoms with E-state index in [9.17, 15) is 9.90 Å². The van der Waals surface area contributed by atoms with Crippen LogP contribution < -0.4 is 42.8 Å². The van der Waals surface area contributed by atoms with Gasteiger partial charge in [-0.2, -0.15) is 15.0 Å². The molecule has 6 heterocycles. The van der Waals surface area contributed by atoms with Gasteiger partial charge in [0.1, 0.15) is 57.0 Å². The number of carboxylic acid groups (broad SMARTS) is 1. The SMILES string of the molecule is COc1ccc(-c2ccc(N(c3ccc(-c4ccc(OC)cc4OC)cc3)c3c4nc(c(-c5c(OC)cccc5OC)c5ccc([nH]5)c(C#Cc5ccc(-c6ccc(C(=O)O)cc6)c6nn(C)nc56)c5nc(c(-c6c(OC)cccc6OC)c6ccc3[nH]6)C=C5)C=C4)cc2)c(OC)c1. The molecule has 0 unspecified atom stereocenters. The third kappa shape index (κ3) is 11.4. The van der Waals surface area contributed by atoms with E-state index in [1.807, 2.05) is 127 Å². The number of carbonyl (C=O) groups is 1. The van der Waals surface area contributed by atoms with E-state index in [-0.39, 0.29) is 5.56 Å². The van der Waals surface area contributed by atoms with Crippen molar-refractivity contribution in [2.75, 3.05) is 61.8 Å². The number of hydrogen-bond acceptors (Lipinski definition) is 14. The number of benzene rings is 8. The fourth-order valence-corrected chi connectivity index (χ4v) is 12.7. The highest BCUT2D eigenvalue weighted by molar-refractivity contribution is 6.03. The smallest absolute Gasteiger partial charge is 0.335 e. The Balaban J connectivity index is 1.08. The van der Waals surface area contributed by atoms with Crippen LogP contribution in [0.3, 0.4) is 0 Å². The monoisotopic (exact) mass is 1300 g/mol.